The lowest BCUT2D eigenvalue weighted by molar-refractivity contribution is 0.0775. The van der Waals surface area contributed by atoms with Crippen LogP contribution in [0.3, 0.4) is 0 Å². The number of ether oxygens (including phenoxy) is 1. The number of likely N-dealkylation sites (tertiary alicyclic amines) is 1. The van der Waals surface area contributed by atoms with Crippen molar-refractivity contribution in [3.8, 4) is 11.5 Å². The van der Waals surface area contributed by atoms with E-state index in [1.165, 1.54) is 0 Å². The van der Waals surface area contributed by atoms with Crippen LogP contribution in [0.1, 0.15) is 22.2 Å². The molecule has 0 bridgehead atoms. The highest BCUT2D eigenvalue weighted by molar-refractivity contribution is 9.10. The third-order valence-corrected chi connectivity index (χ3v) is 5.27. The smallest absolute Gasteiger partial charge is 0.255 e. The minimum absolute atomic E-state index is 0.0693. The molecule has 1 aliphatic heterocycles. The zero-order valence-electron chi connectivity index (χ0n) is 15.3. The first-order valence-corrected chi connectivity index (χ1v) is 9.72. The quantitative estimate of drug-likeness (QED) is 0.602. The fourth-order valence-corrected chi connectivity index (χ4v) is 3.86. The minimum Gasteiger partial charge on any atom is -0.420 e. The van der Waals surface area contributed by atoms with Gasteiger partial charge in [0.05, 0.1) is 18.1 Å². The molecular weight excluding hydrogens is 424 g/mol. The SMILES string of the molecule is COCC1CN(C(=O)c2cncc(Br)c2)CC1c1nnc(-c2ccccc2)o1. The van der Waals surface area contributed by atoms with Gasteiger partial charge in [0.15, 0.2) is 0 Å². The highest BCUT2D eigenvalue weighted by Gasteiger charge is 2.39. The van der Waals surface area contributed by atoms with E-state index < -0.39 is 0 Å². The van der Waals surface area contributed by atoms with Crippen molar-refractivity contribution in [2.75, 3.05) is 26.8 Å². The second kappa shape index (κ2) is 8.20. The van der Waals surface area contributed by atoms with Crippen LogP contribution in [0.25, 0.3) is 11.5 Å². The number of nitrogens with zero attached hydrogens (tertiary/aromatic N) is 4. The average Bonchev–Trinajstić information content (AvgIpc) is 3.36. The standard InChI is InChI=1S/C20H19BrN4O3/c1-27-12-15-10-25(20(26)14-7-16(21)9-22-8-14)11-17(15)19-24-23-18(28-19)13-5-3-2-4-6-13/h2-9,15,17H,10-12H2,1H3. The summed E-state index contributed by atoms with van der Waals surface area (Å²) in [6, 6.07) is 11.4. The minimum atomic E-state index is -0.0750. The number of hydrogen-bond donors (Lipinski definition) is 0. The molecule has 2 aromatic heterocycles. The fraction of sp³-hybridized carbons (Fsp3) is 0.300. The van der Waals surface area contributed by atoms with E-state index in [0.29, 0.717) is 37.0 Å². The molecule has 2 atom stereocenters. The molecule has 0 radical (unpaired) electrons. The molecule has 28 heavy (non-hydrogen) atoms. The lowest BCUT2D eigenvalue weighted by atomic mass is 9.97. The van der Waals surface area contributed by atoms with E-state index in [0.717, 1.165) is 10.0 Å². The molecular formula is C20H19BrN4O3. The molecule has 0 saturated carbocycles. The van der Waals surface area contributed by atoms with Crippen LogP contribution in [0, 0.1) is 5.92 Å². The molecule has 0 spiro atoms. The van der Waals surface area contributed by atoms with Gasteiger partial charge < -0.3 is 14.1 Å². The van der Waals surface area contributed by atoms with Crippen molar-refractivity contribution >= 4 is 21.8 Å². The summed E-state index contributed by atoms with van der Waals surface area (Å²) in [7, 11) is 1.66. The van der Waals surface area contributed by atoms with E-state index >= 15 is 0 Å². The van der Waals surface area contributed by atoms with E-state index in [-0.39, 0.29) is 17.7 Å². The molecule has 7 nitrogen and oxygen atoms in total. The lowest BCUT2D eigenvalue weighted by Gasteiger charge is -2.16. The summed E-state index contributed by atoms with van der Waals surface area (Å²) in [4.78, 5) is 18.8. The molecule has 8 heteroatoms. The van der Waals surface area contributed by atoms with Crippen LogP contribution < -0.4 is 0 Å². The largest absolute Gasteiger partial charge is 0.420 e. The molecule has 4 rings (SSSR count). The number of carbonyl (C=O) groups is 1. The maximum Gasteiger partial charge on any atom is 0.255 e. The summed E-state index contributed by atoms with van der Waals surface area (Å²) >= 11 is 3.36. The number of carbonyl (C=O) groups excluding carboxylic acids is 1. The third-order valence-electron chi connectivity index (χ3n) is 4.84. The van der Waals surface area contributed by atoms with Gasteiger partial charge in [0, 0.05) is 48.5 Å². The predicted octanol–water partition coefficient (Wildman–Crippen LogP) is 3.40. The molecule has 1 fully saturated rings. The molecule has 3 aromatic rings. The van der Waals surface area contributed by atoms with Gasteiger partial charge >= 0.3 is 0 Å². The number of methoxy groups -OCH3 is 1. The summed E-state index contributed by atoms with van der Waals surface area (Å²) in [6.45, 7) is 1.57. The molecule has 144 valence electrons. The molecule has 1 aromatic carbocycles. The maximum absolute atomic E-state index is 12.9. The number of amides is 1. The molecule has 1 amide bonds. The highest BCUT2D eigenvalue weighted by atomic mass is 79.9. The Labute approximate surface area is 170 Å². The van der Waals surface area contributed by atoms with Crippen LogP contribution in [0.4, 0.5) is 0 Å². The van der Waals surface area contributed by atoms with Crippen molar-refractivity contribution in [2.45, 2.75) is 5.92 Å². The van der Waals surface area contributed by atoms with Crippen molar-refractivity contribution in [2.24, 2.45) is 5.92 Å². The van der Waals surface area contributed by atoms with E-state index in [2.05, 4.69) is 31.1 Å². The van der Waals surface area contributed by atoms with Gasteiger partial charge in [0.2, 0.25) is 11.8 Å². The Bertz CT molecular complexity index is 963. The predicted molar refractivity (Wildman–Crippen MR) is 106 cm³/mol. The maximum atomic E-state index is 12.9. The monoisotopic (exact) mass is 442 g/mol. The van der Waals surface area contributed by atoms with Crippen molar-refractivity contribution < 1.29 is 13.9 Å². The van der Waals surface area contributed by atoms with Gasteiger partial charge in [-0.2, -0.15) is 0 Å². The number of benzene rings is 1. The van der Waals surface area contributed by atoms with Crippen LogP contribution in [0.15, 0.2) is 57.7 Å². The van der Waals surface area contributed by atoms with Gasteiger partial charge in [0.25, 0.3) is 5.91 Å². The van der Waals surface area contributed by atoms with Crippen LogP contribution in [0.2, 0.25) is 0 Å². The number of rotatable bonds is 5. The number of pyridine rings is 1. The van der Waals surface area contributed by atoms with Gasteiger partial charge in [0.1, 0.15) is 0 Å². The van der Waals surface area contributed by atoms with Crippen LogP contribution in [-0.2, 0) is 4.74 Å². The Kier molecular flexibility index (Phi) is 5.50. The summed E-state index contributed by atoms with van der Waals surface area (Å²) < 4.78 is 12.1. The number of halogens is 1. The number of hydrogen-bond acceptors (Lipinski definition) is 6. The van der Waals surface area contributed by atoms with Crippen molar-refractivity contribution in [3.05, 3.63) is 64.7 Å². The average molecular weight is 443 g/mol. The van der Waals surface area contributed by atoms with Gasteiger partial charge in [-0.25, -0.2) is 0 Å². The Morgan fingerprint density at radius 1 is 1.25 bits per heavy atom. The number of aromatic nitrogens is 3. The normalized spacial score (nSPS) is 19.1. The highest BCUT2D eigenvalue weighted by Crippen LogP contribution is 2.34. The summed E-state index contributed by atoms with van der Waals surface area (Å²) in [5, 5.41) is 8.45. The molecule has 3 heterocycles. The summed E-state index contributed by atoms with van der Waals surface area (Å²) in [5.41, 5.74) is 1.41. The third kappa shape index (κ3) is 3.83. The van der Waals surface area contributed by atoms with E-state index in [9.17, 15) is 4.79 Å². The Morgan fingerprint density at radius 2 is 2.07 bits per heavy atom. The molecule has 0 aliphatic carbocycles. The van der Waals surface area contributed by atoms with Gasteiger partial charge in [-0.3, -0.25) is 9.78 Å². The van der Waals surface area contributed by atoms with Gasteiger partial charge in [-0.1, -0.05) is 18.2 Å². The second-order valence-corrected chi connectivity index (χ2v) is 7.65. The lowest BCUT2D eigenvalue weighted by Crippen LogP contribution is -2.29. The Morgan fingerprint density at radius 3 is 2.82 bits per heavy atom. The van der Waals surface area contributed by atoms with E-state index in [4.69, 9.17) is 9.15 Å². The van der Waals surface area contributed by atoms with Crippen LogP contribution in [-0.4, -0.2) is 52.8 Å². The molecule has 0 N–H and O–H groups in total. The van der Waals surface area contributed by atoms with Crippen LogP contribution >= 0.6 is 15.9 Å². The van der Waals surface area contributed by atoms with Crippen molar-refractivity contribution in [1.29, 1.82) is 0 Å². The first-order valence-electron chi connectivity index (χ1n) is 8.93. The zero-order chi connectivity index (χ0) is 19.5. The topological polar surface area (TPSA) is 81.4 Å². The molecule has 1 aliphatic rings. The fourth-order valence-electron chi connectivity index (χ4n) is 3.49. The van der Waals surface area contributed by atoms with Crippen molar-refractivity contribution in [3.63, 3.8) is 0 Å². The Balaban J connectivity index is 1.56. The van der Waals surface area contributed by atoms with E-state index in [1.54, 1.807) is 30.5 Å². The summed E-state index contributed by atoms with van der Waals surface area (Å²) in [6.07, 6.45) is 3.23. The first-order chi connectivity index (χ1) is 13.7. The Hall–Kier alpha value is -2.58. The van der Waals surface area contributed by atoms with Gasteiger partial charge in [-0.05, 0) is 34.1 Å². The first kappa shape index (κ1) is 18.8. The van der Waals surface area contributed by atoms with Crippen molar-refractivity contribution in [1.82, 2.24) is 20.1 Å². The van der Waals surface area contributed by atoms with E-state index in [1.807, 2.05) is 30.3 Å². The molecule has 1 saturated heterocycles. The zero-order valence-corrected chi connectivity index (χ0v) is 16.9. The summed E-state index contributed by atoms with van der Waals surface area (Å²) in [5.74, 6) is 0.948. The van der Waals surface area contributed by atoms with Crippen LogP contribution in [0.5, 0.6) is 0 Å². The second-order valence-electron chi connectivity index (χ2n) is 6.74. The molecule has 2 unspecified atom stereocenters. The van der Waals surface area contributed by atoms with Gasteiger partial charge in [-0.15, -0.1) is 10.2 Å².